The van der Waals surface area contributed by atoms with E-state index >= 15 is 0 Å². The molecule has 0 bridgehead atoms. The maximum atomic E-state index is 11.0. The Labute approximate surface area is 119 Å². The lowest BCUT2D eigenvalue weighted by Gasteiger charge is -2.09. The normalized spacial score (nSPS) is 10.5. The molecule has 3 aromatic rings. The first-order valence-electron chi connectivity index (χ1n) is 6.16. The number of nitrogen functional groups attached to an aromatic ring is 1. The SMILES string of the molecule is Nc1ccc(C(=O)O)nc1Oc1cccc2cccnc12. The fraction of sp³-hybridized carbons (Fsp3) is 0. The monoisotopic (exact) mass is 281 g/mol. The van der Waals surface area contributed by atoms with E-state index in [0.29, 0.717) is 11.3 Å². The minimum Gasteiger partial charge on any atom is -0.477 e. The van der Waals surface area contributed by atoms with Crippen LogP contribution in [0, 0.1) is 0 Å². The molecule has 0 spiro atoms. The average molecular weight is 281 g/mol. The third-order valence-corrected chi connectivity index (χ3v) is 2.91. The molecule has 6 heteroatoms. The largest absolute Gasteiger partial charge is 0.477 e. The summed E-state index contributed by atoms with van der Waals surface area (Å²) in [4.78, 5) is 19.1. The maximum Gasteiger partial charge on any atom is 0.354 e. The van der Waals surface area contributed by atoms with E-state index in [2.05, 4.69) is 9.97 Å². The molecule has 0 saturated heterocycles. The Bertz CT molecular complexity index is 828. The fourth-order valence-corrected chi connectivity index (χ4v) is 1.91. The van der Waals surface area contributed by atoms with Gasteiger partial charge in [-0.2, -0.15) is 0 Å². The number of carboxylic acids is 1. The second kappa shape index (κ2) is 5.09. The van der Waals surface area contributed by atoms with Gasteiger partial charge in [-0.25, -0.2) is 9.78 Å². The predicted octanol–water partition coefficient (Wildman–Crippen LogP) is 2.70. The van der Waals surface area contributed by atoms with Gasteiger partial charge in [-0.3, -0.25) is 4.98 Å². The number of aromatic carboxylic acids is 1. The fourth-order valence-electron chi connectivity index (χ4n) is 1.91. The molecule has 6 nitrogen and oxygen atoms in total. The minimum atomic E-state index is -1.14. The quantitative estimate of drug-likeness (QED) is 0.765. The number of rotatable bonds is 3. The first kappa shape index (κ1) is 12.9. The van der Waals surface area contributed by atoms with Crippen molar-refractivity contribution in [2.45, 2.75) is 0 Å². The zero-order chi connectivity index (χ0) is 14.8. The summed E-state index contributed by atoms with van der Waals surface area (Å²) in [5.41, 5.74) is 6.56. The van der Waals surface area contributed by atoms with E-state index in [4.69, 9.17) is 15.6 Å². The molecule has 104 valence electrons. The molecule has 3 rings (SSSR count). The zero-order valence-corrected chi connectivity index (χ0v) is 10.9. The third-order valence-electron chi connectivity index (χ3n) is 2.91. The van der Waals surface area contributed by atoms with Gasteiger partial charge in [0.05, 0.1) is 5.69 Å². The van der Waals surface area contributed by atoms with Crippen LogP contribution >= 0.6 is 0 Å². The topological polar surface area (TPSA) is 98.3 Å². The van der Waals surface area contributed by atoms with Crippen LogP contribution < -0.4 is 10.5 Å². The number of carboxylic acid groups (broad SMARTS) is 1. The number of aromatic nitrogens is 2. The molecular weight excluding hydrogens is 270 g/mol. The Hall–Kier alpha value is -3.15. The van der Waals surface area contributed by atoms with Crippen molar-refractivity contribution in [3.8, 4) is 11.6 Å². The van der Waals surface area contributed by atoms with Crippen molar-refractivity contribution < 1.29 is 14.6 Å². The van der Waals surface area contributed by atoms with Crippen LogP contribution in [0.4, 0.5) is 5.69 Å². The van der Waals surface area contributed by atoms with Crippen molar-refractivity contribution in [3.05, 3.63) is 54.4 Å². The van der Waals surface area contributed by atoms with Gasteiger partial charge in [0.25, 0.3) is 0 Å². The number of benzene rings is 1. The smallest absolute Gasteiger partial charge is 0.354 e. The number of hydrogen-bond donors (Lipinski definition) is 2. The lowest BCUT2D eigenvalue weighted by Crippen LogP contribution is -2.03. The molecule has 0 unspecified atom stereocenters. The van der Waals surface area contributed by atoms with Gasteiger partial charge in [0.15, 0.2) is 11.4 Å². The van der Waals surface area contributed by atoms with Crippen molar-refractivity contribution in [1.29, 1.82) is 0 Å². The molecule has 2 aromatic heterocycles. The van der Waals surface area contributed by atoms with Crippen LogP contribution in [0.25, 0.3) is 10.9 Å². The summed E-state index contributed by atoms with van der Waals surface area (Å²) in [5.74, 6) is -0.626. The van der Waals surface area contributed by atoms with Crippen molar-refractivity contribution >= 4 is 22.6 Å². The van der Waals surface area contributed by atoms with E-state index in [-0.39, 0.29) is 17.3 Å². The number of anilines is 1. The summed E-state index contributed by atoms with van der Waals surface area (Å²) < 4.78 is 5.65. The average Bonchev–Trinajstić information content (AvgIpc) is 2.49. The molecule has 2 heterocycles. The Balaban J connectivity index is 2.06. The van der Waals surface area contributed by atoms with Crippen molar-refractivity contribution in [3.63, 3.8) is 0 Å². The van der Waals surface area contributed by atoms with Gasteiger partial charge in [-0.15, -0.1) is 0 Å². The number of carbonyl (C=O) groups is 1. The van der Waals surface area contributed by atoms with Crippen molar-refractivity contribution in [2.75, 3.05) is 5.73 Å². The summed E-state index contributed by atoms with van der Waals surface area (Å²) in [6.07, 6.45) is 1.65. The first-order valence-corrected chi connectivity index (χ1v) is 6.16. The number of nitrogens with two attached hydrogens (primary N) is 1. The van der Waals surface area contributed by atoms with Gasteiger partial charge in [0.1, 0.15) is 5.52 Å². The van der Waals surface area contributed by atoms with E-state index in [1.807, 2.05) is 24.3 Å². The standard InChI is InChI=1S/C15H11N3O3/c16-10-6-7-11(15(19)20)18-14(10)21-12-5-1-3-9-4-2-8-17-13(9)12/h1-8H,16H2,(H,19,20). The van der Waals surface area contributed by atoms with Gasteiger partial charge >= 0.3 is 5.97 Å². The van der Waals surface area contributed by atoms with Gasteiger partial charge in [-0.1, -0.05) is 18.2 Å². The van der Waals surface area contributed by atoms with E-state index < -0.39 is 5.97 Å². The number of fused-ring (bicyclic) bond motifs is 1. The highest BCUT2D eigenvalue weighted by Gasteiger charge is 2.12. The van der Waals surface area contributed by atoms with Crippen LogP contribution in [0.3, 0.4) is 0 Å². The van der Waals surface area contributed by atoms with Gasteiger partial charge < -0.3 is 15.6 Å². The number of para-hydroxylation sites is 1. The van der Waals surface area contributed by atoms with Crippen LogP contribution in [0.15, 0.2) is 48.7 Å². The van der Waals surface area contributed by atoms with Gasteiger partial charge in [-0.05, 0) is 24.3 Å². The van der Waals surface area contributed by atoms with E-state index in [0.717, 1.165) is 5.39 Å². The van der Waals surface area contributed by atoms with E-state index in [1.165, 1.54) is 12.1 Å². The lowest BCUT2D eigenvalue weighted by atomic mass is 10.2. The second-order valence-electron chi connectivity index (χ2n) is 4.33. The molecule has 0 aliphatic heterocycles. The number of nitrogens with zero attached hydrogens (tertiary/aromatic N) is 2. The molecule has 0 aliphatic carbocycles. The van der Waals surface area contributed by atoms with Crippen LogP contribution in [-0.2, 0) is 0 Å². The highest BCUT2D eigenvalue weighted by atomic mass is 16.5. The maximum absolute atomic E-state index is 11.0. The van der Waals surface area contributed by atoms with Crippen molar-refractivity contribution in [2.24, 2.45) is 0 Å². The molecule has 1 aromatic carbocycles. The zero-order valence-electron chi connectivity index (χ0n) is 10.9. The van der Waals surface area contributed by atoms with Crippen LogP contribution in [-0.4, -0.2) is 21.0 Å². The summed E-state index contributed by atoms with van der Waals surface area (Å²) >= 11 is 0. The molecule has 0 aliphatic rings. The minimum absolute atomic E-state index is 0.0491. The van der Waals surface area contributed by atoms with Crippen LogP contribution in [0.1, 0.15) is 10.5 Å². The molecule has 3 N–H and O–H groups in total. The Morgan fingerprint density at radius 3 is 2.76 bits per heavy atom. The van der Waals surface area contributed by atoms with Crippen LogP contribution in [0.5, 0.6) is 11.6 Å². The van der Waals surface area contributed by atoms with Crippen molar-refractivity contribution in [1.82, 2.24) is 9.97 Å². The van der Waals surface area contributed by atoms with Crippen LogP contribution in [0.2, 0.25) is 0 Å². The molecular formula is C15H11N3O3. The first-order chi connectivity index (χ1) is 10.1. The Morgan fingerprint density at radius 2 is 1.95 bits per heavy atom. The highest BCUT2D eigenvalue weighted by Crippen LogP contribution is 2.30. The number of hydrogen-bond acceptors (Lipinski definition) is 5. The molecule has 0 radical (unpaired) electrons. The summed E-state index contributed by atoms with van der Waals surface area (Å²) in [6, 6.07) is 11.9. The molecule has 0 saturated carbocycles. The third kappa shape index (κ3) is 2.46. The van der Waals surface area contributed by atoms with Gasteiger partial charge in [0.2, 0.25) is 5.88 Å². The van der Waals surface area contributed by atoms with E-state index in [9.17, 15) is 4.79 Å². The lowest BCUT2D eigenvalue weighted by molar-refractivity contribution is 0.0689. The summed E-state index contributed by atoms with van der Waals surface area (Å²) in [6.45, 7) is 0. The molecule has 0 amide bonds. The Kier molecular flexibility index (Phi) is 3.12. The molecule has 21 heavy (non-hydrogen) atoms. The second-order valence-corrected chi connectivity index (χ2v) is 4.33. The number of ether oxygens (including phenoxy) is 1. The molecule has 0 fully saturated rings. The summed E-state index contributed by atoms with van der Waals surface area (Å²) in [5, 5.41) is 9.87. The predicted molar refractivity (Wildman–Crippen MR) is 77.4 cm³/mol. The van der Waals surface area contributed by atoms with E-state index in [1.54, 1.807) is 12.3 Å². The highest BCUT2D eigenvalue weighted by molar-refractivity contribution is 5.86. The Morgan fingerprint density at radius 1 is 1.14 bits per heavy atom. The summed E-state index contributed by atoms with van der Waals surface area (Å²) in [7, 11) is 0. The van der Waals surface area contributed by atoms with Gasteiger partial charge in [0, 0.05) is 11.6 Å². The molecule has 0 atom stereocenters. The number of pyridine rings is 2.